The molecule has 0 amide bonds. The molecule has 10 heavy (non-hydrogen) atoms. The zero-order valence-electron chi connectivity index (χ0n) is 7.19. The van der Waals surface area contributed by atoms with Crippen LogP contribution in [0.3, 0.4) is 0 Å². The second-order valence-electron chi connectivity index (χ2n) is 3.86. The van der Waals surface area contributed by atoms with Crippen molar-refractivity contribution in [3.63, 3.8) is 0 Å². The molecule has 60 valence electrons. The smallest absolute Gasteiger partial charge is 0.00205 e. The Labute approximate surface area is 64.0 Å². The van der Waals surface area contributed by atoms with E-state index in [1.165, 1.54) is 25.7 Å². The fourth-order valence-corrected chi connectivity index (χ4v) is 2.27. The third-order valence-electron chi connectivity index (χ3n) is 3.25. The minimum atomic E-state index is 0.481. The van der Waals surface area contributed by atoms with Crippen LogP contribution in [0.25, 0.3) is 0 Å². The van der Waals surface area contributed by atoms with Crippen molar-refractivity contribution in [2.45, 2.75) is 39.5 Å². The van der Waals surface area contributed by atoms with Crippen molar-refractivity contribution >= 4 is 0 Å². The first-order chi connectivity index (χ1) is 4.73. The van der Waals surface area contributed by atoms with Crippen LogP contribution in [0.1, 0.15) is 39.5 Å². The minimum Gasteiger partial charge on any atom is -0.330 e. The van der Waals surface area contributed by atoms with Gasteiger partial charge >= 0.3 is 0 Å². The Balaban J connectivity index is 2.56. The zero-order valence-corrected chi connectivity index (χ0v) is 7.19. The first kappa shape index (κ1) is 8.06. The molecule has 0 saturated heterocycles. The lowest BCUT2D eigenvalue weighted by atomic mass is 9.78. The van der Waals surface area contributed by atoms with Crippen LogP contribution in [0.4, 0.5) is 0 Å². The maximum atomic E-state index is 5.73. The van der Waals surface area contributed by atoms with E-state index in [-0.39, 0.29) is 0 Å². The lowest BCUT2D eigenvalue weighted by molar-refractivity contribution is 0.233. The highest BCUT2D eigenvalue weighted by Crippen LogP contribution is 2.43. The van der Waals surface area contributed by atoms with E-state index in [2.05, 4.69) is 13.8 Å². The van der Waals surface area contributed by atoms with E-state index in [1.54, 1.807) is 0 Å². The average molecular weight is 141 g/mol. The Hall–Kier alpha value is -0.0400. The van der Waals surface area contributed by atoms with E-state index in [0.29, 0.717) is 5.41 Å². The lowest BCUT2D eigenvalue weighted by Gasteiger charge is -2.29. The Bertz CT molecular complexity index is 111. The van der Waals surface area contributed by atoms with Gasteiger partial charge in [-0.2, -0.15) is 0 Å². The topological polar surface area (TPSA) is 26.0 Å². The number of hydrogen-bond acceptors (Lipinski definition) is 1. The maximum absolute atomic E-state index is 5.73. The summed E-state index contributed by atoms with van der Waals surface area (Å²) >= 11 is 0. The Morgan fingerprint density at radius 2 is 2.30 bits per heavy atom. The van der Waals surface area contributed by atoms with Crippen LogP contribution in [0.15, 0.2) is 0 Å². The average Bonchev–Trinajstić information content (AvgIpc) is 2.32. The molecular weight excluding hydrogens is 122 g/mol. The Morgan fingerprint density at radius 3 is 2.70 bits per heavy atom. The molecule has 0 unspecified atom stereocenters. The second-order valence-corrected chi connectivity index (χ2v) is 3.86. The first-order valence-electron chi connectivity index (χ1n) is 4.43. The summed E-state index contributed by atoms with van der Waals surface area (Å²) in [5.41, 5.74) is 6.21. The summed E-state index contributed by atoms with van der Waals surface area (Å²) in [6.07, 6.45) is 5.46. The van der Waals surface area contributed by atoms with Gasteiger partial charge in [0.15, 0.2) is 0 Å². The largest absolute Gasteiger partial charge is 0.330 e. The molecule has 1 rings (SSSR count). The molecule has 0 spiro atoms. The molecule has 1 nitrogen and oxygen atoms in total. The second kappa shape index (κ2) is 2.91. The summed E-state index contributed by atoms with van der Waals surface area (Å²) in [6.45, 7) is 5.50. The molecule has 1 aliphatic carbocycles. The van der Waals surface area contributed by atoms with Crippen LogP contribution in [0.5, 0.6) is 0 Å². The number of nitrogens with two attached hydrogens (primary N) is 1. The highest BCUT2D eigenvalue weighted by atomic mass is 14.6. The van der Waals surface area contributed by atoms with Gasteiger partial charge in [-0.15, -0.1) is 0 Å². The minimum absolute atomic E-state index is 0.481. The standard InChI is InChI=1S/C9H19N/c1-3-8-5-4-6-9(8,2)7-10/h8H,3-7,10H2,1-2H3/t8-,9-/m0/s1. The third kappa shape index (κ3) is 1.20. The molecule has 0 heterocycles. The molecule has 2 N–H and O–H groups in total. The molecule has 2 atom stereocenters. The molecule has 1 fully saturated rings. The molecule has 0 bridgehead atoms. The fraction of sp³-hybridized carbons (Fsp3) is 1.00. The van der Waals surface area contributed by atoms with Crippen LogP contribution >= 0.6 is 0 Å². The van der Waals surface area contributed by atoms with Gasteiger partial charge < -0.3 is 5.73 Å². The van der Waals surface area contributed by atoms with Crippen LogP contribution in [-0.4, -0.2) is 6.54 Å². The Morgan fingerprint density at radius 1 is 1.60 bits per heavy atom. The molecule has 0 radical (unpaired) electrons. The number of hydrogen-bond donors (Lipinski definition) is 1. The number of rotatable bonds is 2. The van der Waals surface area contributed by atoms with Gasteiger partial charge in [-0.05, 0) is 30.7 Å². The molecule has 1 saturated carbocycles. The van der Waals surface area contributed by atoms with Gasteiger partial charge in [0.1, 0.15) is 0 Å². The molecule has 0 aromatic heterocycles. The van der Waals surface area contributed by atoms with Gasteiger partial charge in [0.05, 0.1) is 0 Å². The summed E-state index contributed by atoms with van der Waals surface area (Å²) in [7, 11) is 0. The highest BCUT2D eigenvalue weighted by molar-refractivity contribution is 4.88. The Kier molecular flexibility index (Phi) is 2.35. The lowest BCUT2D eigenvalue weighted by Crippen LogP contribution is -2.30. The van der Waals surface area contributed by atoms with Crippen molar-refractivity contribution in [1.29, 1.82) is 0 Å². The van der Waals surface area contributed by atoms with Gasteiger partial charge in [-0.3, -0.25) is 0 Å². The van der Waals surface area contributed by atoms with E-state index in [0.717, 1.165) is 12.5 Å². The van der Waals surface area contributed by atoms with Crippen molar-refractivity contribution in [2.24, 2.45) is 17.1 Å². The summed E-state index contributed by atoms with van der Waals surface area (Å²) in [4.78, 5) is 0. The van der Waals surface area contributed by atoms with E-state index in [9.17, 15) is 0 Å². The highest BCUT2D eigenvalue weighted by Gasteiger charge is 2.35. The van der Waals surface area contributed by atoms with Crippen LogP contribution < -0.4 is 5.73 Å². The SMILES string of the molecule is CC[C@H]1CCC[C@@]1(C)CN. The molecule has 1 aliphatic rings. The van der Waals surface area contributed by atoms with E-state index in [4.69, 9.17) is 5.73 Å². The van der Waals surface area contributed by atoms with Crippen molar-refractivity contribution in [2.75, 3.05) is 6.54 Å². The van der Waals surface area contributed by atoms with Gasteiger partial charge in [0, 0.05) is 0 Å². The predicted molar refractivity (Wildman–Crippen MR) is 44.8 cm³/mol. The van der Waals surface area contributed by atoms with Crippen molar-refractivity contribution in [1.82, 2.24) is 0 Å². The van der Waals surface area contributed by atoms with Crippen LogP contribution in [0.2, 0.25) is 0 Å². The van der Waals surface area contributed by atoms with E-state index in [1.807, 2.05) is 0 Å². The van der Waals surface area contributed by atoms with Crippen molar-refractivity contribution < 1.29 is 0 Å². The van der Waals surface area contributed by atoms with Gasteiger partial charge in [-0.25, -0.2) is 0 Å². The van der Waals surface area contributed by atoms with Crippen LogP contribution in [-0.2, 0) is 0 Å². The van der Waals surface area contributed by atoms with Gasteiger partial charge in [0.2, 0.25) is 0 Å². The van der Waals surface area contributed by atoms with Crippen molar-refractivity contribution in [3.8, 4) is 0 Å². The van der Waals surface area contributed by atoms with Gasteiger partial charge in [-0.1, -0.05) is 26.7 Å². The quantitative estimate of drug-likeness (QED) is 0.626. The maximum Gasteiger partial charge on any atom is -0.00205 e. The van der Waals surface area contributed by atoms with Crippen LogP contribution in [0, 0.1) is 11.3 Å². The summed E-state index contributed by atoms with van der Waals surface area (Å²) < 4.78 is 0. The molecule has 1 heteroatoms. The third-order valence-corrected chi connectivity index (χ3v) is 3.25. The summed E-state index contributed by atoms with van der Waals surface area (Å²) in [6, 6.07) is 0. The normalized spacial score (nSPS) is 40.5. The fourth-order valence-electron chi connectivity index (χ4n) is 2.27. The van der Waals surface area contributed by atoms with E-state index < -0.39 is 0 Å². The zero-order chi connectivity index (χ0) is 7.61. The predicted octanol–water partition coefficient (Wildman–Crippen LogP) is 2.16. The van der Waals surface area contributed by atoms with E-state index >= 15 is 0 Å². The summed E-state index contributed by atoms with van der Waals surface area (Å²) in [5.74, 6) is 0.900. The van der Waals surface area contributed by atoms with Gasteiger partial charge in [0.25, 0.3) is 0 Å². The molecule has 0 aliphatic heterocycles. The molecular formula is C9H19N. The first-order valence-corrected chi connectivity index (χ1v) is 4.43. The molecule has 0 aromatic carbocycles. The van der Waals surface area contributed by atoms with Crippen molar-refractivity contribution in [3.05, 3.63) is 0 Å². The monoisotopic (exact) mass is 141 g/mol. The summed E-state index contributed by atoms with van der Waals surface area (Å²) in [5, 5.41) is 0. The molecule has 0 aromatic rings.